The first-order chi connectivity index (χ1) is 14.3. The van der Waals surface area contributed by atoms with Crippen molar-refractivity contribution in [3.8, 4) is 0 Å². The SMILES string of the molecule is O=C(Nc1ccccc1)O[C@@H]1CO[C@H]2[C@@H]1OC[C@@H]2n1nnnc1SC1CCCC1. The van der Waals surface area contributed by atoms with Crippen LogP contribution in [0.2, 0.25) is 0 Å². The Hall–Kier alpha value is -2.17. The normalized spacial score (nSPS) is 29.1. The van der Waals surface area contributed by atoms with E-state index >= 15 is 0 Å². The third-order valence-corrected chi connectivity index (χ3v) is 6.90. The fourth-order valence-corrected chi connectivity index (χ4v) is 5.42. The minimum absolute atomic E-state index is 0.121. The lowest BCUT2D eigenvalue weighted by atomic mass is 10.1. The van der Waals surface area contributed by atoms with Crippen molar-refractivity contribution in [1.29, 1.82) is 0 Å². The van der Waals surface area contributed by atoms with E-state index in [4.69, 9.17) is 14.2 Å². The minimum atomic E-state index is -0.516. The lowest BCUT2D eigenvalue weighted by Gasteiger charge is -2.18. The van der Waals surface area contributed by atoms with E-state index < -0.39 is 12.2 Å². The van der Waals surface area contributed by atoms with E-state index in [1.807, 2.05) is 22.9 Å². The molecule has 0 bridgehead atoms. The molecule has 1 N–H and O–H groups in total. The summed E-state index contributed by atoms with van der Waals surface area (Å²) in [6, 6.07) is 9.07. The lowest BCUT2D eigenvalue weighted by Crippen LogP contribution is -2.35. The average molecular weight is 417 g/mol. The number of aromatic nitrogens is 4. The molecule has 2 aromatic rings. The van der Waals surface area contributed by atoms with Gasteiger partial charge in [0.05, 0.1) is 13.2 Å². The number of anilines is 1. The van der Waals surface area contributed by atoms with Crippen LogP contribution in [0.3, 0.4) is 0 Å². The number of ether oxygens (including phenoxy) is 3. The predicted molar refractivity (Wildman–Crippen MR) is 105 cm³/mol. The molecule has 1 aromatic carbocycles. The van der Waals surface area contributed by atoms with Crippen molar-refractivity contribution in [2.24, 2.45) is 0 Å². The minimum Gasteiger partial charge on any atom is -0.441 e. The quantitative estimate of drug-likeness (QED) is 0.793. The summed E-state index contributed by atoms with van der Waals surface area (Å²) in [7, 11) is 0. The highest BCUT2D eigenvalue weighted by Crippen LogP contribution is 2.39. The number of carbonyl (C=O) groups is 1. The van der Waals surface area contributed by atoms with Crippen LogP contribution >= 0.6 is 11.8 Å². The Morgan fingerprint density at radius 2 is 1.93 bits per heavy atom. The topological polar surface area (TPSA) is 100 Å². The fraction of sp³-hybridized carbons (Fsp3) is 0.579. The van der Waals surface area contributed by atoms with Crippen molar-refractivity contribution in [3.63, 3.8) is 0 Å². The lowest BCUT2D eigenvalue weighted by molar-refractivity contribution is 0.00751. The van der Waals surface area contributed by atoms with Crippen LogP contribution in [0.5, 0.6) is 0 Å². The Kier molecular flexibility index (Phi) is 5.38. The second-order valence-corrected chi connectivity index (χ2v) is 8.80. The van der Waals surface area contributed by atoms with Gasteiger partial charge in [-0.1, -0.05) is 42.8 Å². The Bertz CT molecular complexity index is 844. The smallest absolute Gasteiger partial charge is 0.412 e. The fourth-order valence-electron chi connectivity index (χ4n) is 4.19. The molecule has 0 unspecified atom stereocenters. The Morgan fingerprint density at radius 3 is 2.76 bits per heavy atom. The van der Waals surface area contributed by atoms with Crippen molar-refractivity contribution in [3.05, 3.63) is 30.3 Å². The molecule has 3 fully saturated rings. The predicted octanol–water partition coefficient (Wildman–Crippen LogP) is 2.66. The molecule has 1 amide bonds. The molecule has 10 heteroatoms. The number of tetrazole rings is 1. The maximum atomic E-state index is 12.2. The van der Waals surface area contributed by atoms with Gasteiger partial charge in [-0.2, -0.15) is 0 Å². The van der Waals surface area contributed by atoms with Crippen molar-refractivity contribution >= 4 is 23.5 Å². The van der Waals surface area contributed by atoms with Crippen molar-refractivity contribution in [2.75, 3.05) is 18.5 Å². The summed E-state index contributed by atoms with van der Waals surface area (Å²) in [4.78, 5) is 12.2. The molecule has 1 aliphatic carbocycles. The molecule has 9 nitrogen and oxygen atoms in total. The number of nitrogens with zero attached hydrogens (tertiary/aromatic N) is 4. The summed E-state index contributed by atoms with van der Waals surface area (Å²) in [5.41, 5.74) is 0.681. The summed E-state index contributed by atoms with van der Waals surface area (Å²) in [5.74, 6) is 0. The van der Waals surface area contributed by atoms with Crippen LogP contribution < -0.4 is 5.32 Å². The van der Waals surface area contributed by atoms with Gasteiger partial charge < -0.3 is 14.2 Å². The van der Waals surface area contributed by atoms with E-state index in [1.54, 1.807) is 23.9 Å². The van der Waals surface area contributed by atoms with Gasteiger partial charge in [0.1, 0.15) is 18.2 Å². The molecule has 2 saturated heterocycles. The van der Waals surface area contributed by atoms with Gasteiger partial charge in [-0.05, 0) is 35.4 Å². The van der Waals surface area contributed by atoms with Crippen LogP contribution in [0.25, 0.3) is 0 Å². The van der Waals surface area contributed by atoms with Gasteiger partial charge in [0, 0.05) is 10.9 Å². The van der Waals surface area contributed by atoms with Crippen LogP contribution in [-0.4, -0.2) is 63.1 Å². The third kappa shape index (κ3) is 3.96. The van der Waals surface area contributed by atoms with Gasteiger partial charge in [-0.3, -0.25) is 5.32 Å². The maximum absolute atomic E-state index is 12.2. The summed E-state index contributed by atoms with van der Waals surface area (Å²) < 4.78 is 19.3. The van der Waals surface area contributed by atoms with E-state index in [1.165, 1.54) is 25.7 Å². The van der Waals surface area contributed by atoms with Gasteiger partial charge in [0.15, 0.2) is 6.10 Å². The summed E-state index contributed by atoms with van der Waals surface area (Å²) >= 11 is 1.74. The molecular formula is C19H23N5O4S. The monoisotopic (exact) mass is 417 g/mol. The number of thioether (sulfide) groups is 1. The van der Waals surface area contributed by atoms with Crippen LogP contribution in [0.1, 0.15) is 31.7 Å². The number of fused-ring (bicyclic) bond motifs is 1. The highest BCUT2D eigenvalue weighted by molar-refractivity contribution is 7.99. The Labute approximate surface area is 172 Å². The number of carbonyl (C=O) groups excluding carboxylic acids is 1. The van der Waals surface area contributed by atoms with Gasteiger partial charge in [0.2, 0.25) is 5.16 Å². The molecule has 0 radical (unpaired) electrons. The molecule has 2 aliphatic heterocycles. The molecule has 154 valence electrons. The highest BCUT2D eigenvalue weighted by Gasteiger charge is 2.51. The first-order valence-electron chi connectivity index (χ1n) is 9.98. The van der Waals surface area contributed by atoms with Crippen LogP contribution in [0, 0.1) is 0 Å². The molecule has 1 saturated carbocycles. The second kappa shape index (κ2) is 8.29. The molecule has 29 heavy (non-hydrogen) atoms. The number of para-hydroxylation sites is 1. The molecular weight excluding hydrogens is 394 g/mol. The number of benzene rings is 1. The number of hydrogen-bond acceptors (Lipinski definition) is 8. The van der Waals surface area contributed by atoms with Gasteiger partial charge in [-0.25, -0.2) is 9.48 Å². The standard InChI is InChI=1S/C19H23N5O4S/c25-19(20-12-6-2-1-3-7-12)28-15-11-27-16-14(10-26-17(15)16)24-18(21-22-23-24)29-13-8-4-5-9-13/h1-3,6-7,13-17H,4-5,8-11H2,(H,20,25)/t14-,15+,16+,17+/m0/s1. The van der Waals surface area contributed by atoms with Crippen molar-refractivity contribution in [1.82, 2.24) is 20.2 Å². The summed E-state index contributed by atoms with van der Waals surface area (Å²) in [6.07, 6.45) is 3.40. The summed E-state index contributed by atoms with van der Waals surface area (Å²) in [5, 5.41) is 16.4. The first-order valence-corrected chi connectivity index (χ1v) is 10.9. The van der Waals surface area contributed by atoms with E-state index in [-0.39, 0.29) is 18.2 Å². The van der Waals surface area contributed by atoms with Gasteiger partial charge >= 0.3 is 6.09 Å². The Balaban J connectivity index is 1.21. The molecule has 1 aromatic heterocycles. The first kappa shape index (κ1) is 18.8. The van der Waals surface area contributed by atoms with E-state index in [2.05, 4.69) is 20.8 Å². The van der Waals surface area contributed by atoms with Crippen LogP contribution in [0.15, 0.2) is 35.5 Å². The van der Waals surface area contributed by atoms with Crippen LogP contribution in [0.4, 0.5) is 10.5 Å². The molecule has 3 aliphatic rings. The molecule has 4 atom stereocenters. The third-order valence-electron chi connectivity index (χ3n) is 5.61. The highest BCUT2D eigenvalue weighted by atomic mass is 32.2. The zero-order chi connectivity index (χ0) is 19.6. The van der Waals surface area contributed by atoms with E-state index in [0.717, 1.165) is 5.16 Å². The van der Waals surface area contributed by atoms with E-state index in [9.17, 15) is 4.79 Å². The second-order valence-electron chi connectivity index (χ2n) is 7.53. The molecule has 5 rings (SSSR count). The number of hydrogen-bond donors (Lipinski definition) is 1. The van der Waals surface area contributed by atoms with Crippen molar-refractivity contribution < 1.29 is 19.0 Å². The van der Waals surface area contributed by atoms with Gasteiger partial charge in [-0.15, -0.1) is 5.10 Å². The largest absolute Gasteiger partial charge is 0.441 e. The van der Waals surface area contributed by atoms with Crippen LogP contribution in [-0.2, 0) is 14.2 Å². The zero-order valence-corrected chi connectivity index (χ0v) is 16.7. The molecule has 3 heterocycles. The number of amides is 1. The average Bonchev–Trinajstić information content (AvgIpc) is 3.50. The van der Waals surface area contributed by atoms with Gasteiger partial charge in [0.25, 0.3) is 0 Å². The van der Waals surface area contributed by atoms with Crippen molar-refractivity contribution in [2.45, 2.75) is 60.4 Å². The molecule has 0 spiro atoms. The zero-order valence-electron chi connectivity index (χ0n) is 15.8. The number of nitrogens with one attached hydrogen (secondary N) is 1. The summed E-state index contributed by atoms with van der Waals surface area (Å²) in [6.45, 7) is 0.722. The van der Waals surface area contributed by atoms with E-state index in [0.29, 0.717) is 24.2 Å². The Morgan fingerprint density at radius 1 is 1.14 bits per heavy atom. The maximum Gasteiger partial charge on any atom is 0.412 e. The number of rotatable bonds is 5.